The van der Waals surface area contributed by atoms with Gasteiger partial charge in [-0.15, -0.1) is 0 Å². The van der Waals surface area contributed by atoms with Gasteiger partial charge in [0.15, 0.2) is 0 Å². The molecule has 2 aromatic carbocycles. The molecule has 0 saturated carbocycles. The molecule has 5 bridgehead atoms. The number of hydrogen-bond donors (Lipinski definition) is 2. The number of ether oxygens (including phenoxy) is 2. The molecule has 4 heterocycles. The number of likely N-dealkylation sites (tertiary alicyclic amines) is 1. The van der Waals surface area contributed by atoms with Crippen LogP contribution in [0.15, 0.2) is 71.2 Å². The van der Waals surface area contributed by atoms with E-state index in [1.165, 1.54) is 4.90 Å². The quantitative estimate of drug-likeness (QED) is 0.364. The third kappa shape index (κ3) is 5.72. The van der Waals surface area contributed by atoms with Gasteiger partial charge in [0.1, 0.15) is 29.8 Å². The summed E-state index contributed by atoms with van der Waals surface area (Å²) < 4.78 is 13.4. The Morgan fingerprint density at radius 2 is 1.79 bits per heavy atom. The minimum atomic E-state index is -1.49. The number of hydrogen-bond acceptors (Lipinski definition) is 7. The zero-order chi connectivity index (χ0) is 33.6. The number of cyclic esters (lactones) is 1. The average Bonchev–Trinajstić information content (AvgIpc) is 3.65. The molecule has 11 heteroatoms. The van der Waals surface area contributed by atoms with Gasteiger partial charge in [0, 0.05) is 23.1 Å². The highest BCUT2D eigenvalue weighted by Gasteiger charge is 2.75. The molecule has 1 spiro atoms. The first kappa shape index (κ1) is 33.1. The number of aryl methyl sites for hydroxylation is 2. The molecule has 8 atom stereocenters. The van der Waals surface area contributed by atoms with Gasteiger partial charge in [0.2, 0.25) is 11.8 Å². The van der Waals surface area contributed by atoms with E-state index in [-0.39, 0.29) is 18.9 Å². The molecular weight excluding hydrogens is 666 g/mol. The van der Waals surface area contributed by atoms with Gasteiger partial charge in [0.05, 0.1) is 24.6 Å². The lowest BCUT2D eigenvalue weighted by atomic mass is 9.74. The number of anilines is 1. The normalized spacial score (nSPS) is 32.5. The van der Waals surface area contributed by atoms with Crippen molar-refractivity contribution in [2.75, 3.05) is 18.1 Å². The molecule has 0 aromatic heterocycles. The molecule has 0 aliphatic carbocycles. The van der Waals surface area contributed by atoms with Crippen LogP contribution in [0.25, 0.3) is 0 Å². The Labute approximate surface area is 282 Å². The van der Waals surface area contributed by atoms with Gasteiger partial charge in [-0.1, -0.05) is 70.5 Å². The van der Waals surface area contributed by atoms with E-state index < -0.39 is 72.2 Å². The smallest absolute Gasteiger partial charge is 0.313 e. The van der Waals surface area contributed by atoms with Crippen LogP contribution in [-0.2, 0) is 28.7 Å². The predicted octanol–water partition coefficient (Wildman–Crippen LogP) is 4.03. The SMILES string of the molecule is Cc1ccc(C)c(N2C/C=C\CCC(=O)N[C@@H](C)[C@H](c3ccccc3)OC(=O)[C@H]3[C@@H]4O[C@@]5(C=C4Br)[C@@H]3C(=O)N([C@H](C)CO)[C@@H]5C2=O)c1. The lowest BCUT2D eigenvalue weighted by Crippen LogP contribution is -2.58. The summed E-state index contributed by atoms with van der Waals surface area (Å²) in [5, 5.41) is 13.3. The van der Waals surface area contributed by atoms with Gasteiger partial charge in [-0.2, -0.15) is 0 Å². The minimum absolute atomic E-state index is 0.170. The van der Waals surface area contributed by atoms with E-state index in [0.717, 1.165) is 11.1 Å². The average molecular weight is 707 g/mol. The second-order valence-corrected chi connectivity index (χ2v) is 13.9. The number of aliphatic hydroxyl groups is 1. The predicted molar refractivity (Wildman–Crippen MR) is 178 cm³/mol. The van der Waals surface area contributed by atoms with Crippen LogP contribution < -0.4 is 10.2 Å². The number of carbonyl (C=O) groups is 4. The summed E-state index contributed by atoms with van der Waals surface area (Å²) in [7, 11) is 0. The van der Waals surface area contributed by atoms with E-state index >= 15 is 0 Å². The number of amides is 3. The lowest BCUT2D eigenvalue weighted by molar-refractivity contribution is -0.161. The highest BCUT2D eigenvalue weighted by molar-refractivity contribution is 9.11. The number of aliphatic hydroxyl groups excluding tert-OH is 1. The van der Waals surface area contributed by atoms with Crippen molar-refractivity contribution in [1.82, 2.24) is 10.2 Å². The molecule has 2 fully saturated rings. The van der Waals surface area contributed by atoms with Crippen molar-refractivity contribution >= 4 is 45.3 Å². The number of halogens is 1. The molecule has 0 unspecified atom stereocenters. The molecule has 2 aromatic rings. The van der Waals surface area contributed by atoms with Crippen LogP contribution >= 0.6 is 15.9 Å². The molecule has 47 heavy (non-hydrogen) atoms. The Balaban J connectivity index is 1.50. The Morgan fingerprint density at radius 3 is 2.51 bits per heavy atom. The number of nitrogens with zero attached hydrogens (tertiary/aromatic N) is 2. The van der Waals surface area contributed by atoms with Crippen molar-refractivity contribution in [3.63, 3.8) is 0 Å². The highest BCUT2D eigenvalue weighted by atomic mass is 79.9. The van der Waals surface area contributed by atoms with Crippen molar-refractivity contribution in [3.8, 4) is 0 Å². The number of rotatable bonds is 4. The Morgan fingerprint density at radius 1 is 1.04 bits per heavy atom. The van der Waals surface area contributed by atoms with Crippen molar-refractivity contribution in [3.05, 3.63) is 87.9 Å². The molecule has 248 valence electrons. The summed E-state index contributed by atoms with van der Waals surface area (Å²) in [5.74, 6) is -3.88. The molecule has 2 N–H and O–H groups in total. The van der Waals surface area contributed by atoms with Gasteiger partial charge < -0.3 is 29.7 Å². The van der Waals surface area contributed by atoms with Gasteiger partial charge in [-0.25, -0.2) is 0 Å². The molecular formula is C36H40BrN3O7. The van der Waals surface area contributed by atoms with Gasteiger partial charge in [-0.05, 0) is 62.9 Å². The van der Waals surface area contributed by atoms with Crippen molar-refractivity contribution in [2.24, 2.45) is 11.8 Å². The summed E-state index contributed by atoms with van der Waals surface area (Å²) in [5.41, 5.74) is 1.68. The van der Waals surface area contributed by atoms with Crippen LogP contribution in [0.2, 0.25) is 0 Å². The Bertz CT molecular complexity index is 1640. The second-order valence-electron chi connectivity index (χ2n) is 13.0. The number of fused-ring (bicyclic) bond motifs is 2. The Hall–Kier alpha value is -3.80. The Kier molecular flexibility index (Phi) is 9.17. The van der Waals surface area contributed by atoms with Crippen LogP contribution in [0.4, 0.5) is 5.69 Å². The third-order valence-corrected chi connectivity index (χ3v) is 10.4. The van der Waals surface area contributed by atoms with Gasteiger partial charge in [-0.3, -0.25) is 19.2 Å². The van der Waals surface area contributed by atoms with E-state index in [2.05, 4.69) is 21.2 Å². The number of allylic oxidation sites excluding steroid dienone is 1. The molecule has 0 radical (unpaired) electrons. The third-order valence-electron chi connectivity index (χ3n) is 9.74. The molecule has 3 amide bonds. The van der Waals surface area contributed by atoms with Crippen molar-refractivity contribution < 1.29 is 33.8 Å². The number of benzene rings is 2. The summed E-state index contributed by atoms with van der Waals surface area (Å²) in [4.78, 5) is 59.8. The van der Waals surface area contributed by atoms with E-state index in [9.17, 15) is 24.3 Å². The number of nitrogens with one attached hydrogen (secondary N) is 1. The first-order valence-electron chi connectivity index (χ1n) is 16.1. The second kappa shape index (κ2) is 13.0. The largest absolute Gasteiger partial charge is 0.455 e. The maximum absolute atomic E-state index is 15.0. The fourth-order valence-corrected chi connectivity index (χ4v) is 8.19. The van der Waals surface area contributed by atoms with E-state index in [1.54, 1.807) is 24.8 Å². The van der Waals surface area contributed by atoms with Crippen LogP contribution in [0, 0.1) is 25.7 Å². The fourth-order valence-electron chi connectivity index (χ4n) is 7.45. The lowest BCUT2D eigenvalue weighted by Gasteiger charge is -2.38. The van der Waals surface area contributed by atoms with Crippen LogP contribution in [-0.4, -0.2) is 76.7 Å². The topological polar surface area (TPSA) is 125 Å². The zero-order valence-electron chi connectivity index (χ0n) is 26.9. The van der Waals surface area contributed by atoms with Crippen molar-refractivity contribution in [2.45, 2.75) is 76.5 Å². The van der Waals surface area contributed by atoms with Gasteiger partial charge in [0.25, 0.3) is 5.91 Å². The number of carbonyl (C=O) groups excluding carboxylic acids is 4. The summed E-state index contributed by atoms with van der Waals surface area (Å²) in [6.45, 7) is 7.10. The summed E-state index contributed by atoms with van der Waals surface area (Å²) in [6.07, 6.45) is 4.38. The first-order chi connectivity index (χ1) is 22.5. The molecule has 6 rings (SSSR count). The molecule has 4 aliphatic rings. The maximum Gasteiger partial charge on any atom is 0.313 e. The standard InChI is InChI=1S/C36H40BrN3O7/c1-20-14-15-21(2)26(17-20)39-16-10-6-9-13-27(42)38-23(4)30(24-11-7-5-8-12-24)46-35(45)28-29-33(43)40(22(3)19-41)32(34(39)44)36(29)18-25(37)31(28)47-36/h5-8,10-12,14-15,17-18,22-23,28-32,41H,9,13,16,19H2,1-4H3,(H,38,42)/b10-6-/t22-,23+,28-,29+,30-,31-,32-,36+/m1/s1. The number of esters is 1. The van der Waals surface area contributed by atoms with Crippen LogP contribution in [0.3, 0.4) is 0 Å². The van der Waals surface area contributed by atoms with E-state index in [4.69, 9.17) is 9.47 Å². The monoisotopic (exact) mass is 705 g/mol. The fraction of sp³-hybridized carbons (Fsp3) is 0.444. The summed E-state index contributed by atoms with van der Waals surface area (Å²) in [6, 6.07) is 12.5. The van der Waals surface area contributed by atoms with Crippen LogP contribution in [0.5, 0.6) is 0 Å². The van der Waals surface area contributed by atoms with Crippen molar-refractivity contribution in [1.29, 1.82) is 0 Å². The zero-order valence-corrected chi connectivity index (χ0v) is 28.5. The highest BCUT2D eigenvalue weighted by Crippen LogP contribution is 2.59. The minimum Gasteiger partial charge on any atom is -0.455 e. The summed E-state index contributed by atoms with van der Waals surface area (Å²) >= 11 is 3.59. The van der Waals surface area contributed by atoms with Crippen LogP contribution in [0.1, 0.15) is 49.5 Å². The van der Waals surface area contributed by atoms with Gasteiger partial charge >= 0.3 is 5.97 Å². The van der Waals surface area contributed by atoms with E-state index in [1.807, 2.05) is 74.5 Å². The first-order valence-corrected chi connectivity index (χ1v) is 16.8. The maximum atomic E-state index is 15.0. The molecule has 10 nitrogen and oxygen atoms in total. The van der Waals surface area contributed by atoms with E-state index in [0.29, 0.717) is 22.2 Å². The molecule has 2 saturated heterocycles. The molecule has 4 aliphatic heterocycles.